The zero-order valence-corrected chi connectivity index (χ0v) is 21.9. The molecule has 0 aliphatic heterocycles. The predicted octanol–water partition coefficient (Wildman–Crippen LogP) is 4.56. The van der Waals surface area contributed by atoms with Crippen LogP contribution in [-0.4, -0.2) is 47.8 Å². The van der Waals surface area contributed by atoms with E-state index in [2.05, 4.69) is 15.0 Å². The van der Waals surface area contributed by atoms with Gasteiger partial charge in [-0.25, -0.2) is 17.8 Å². The van der Waals surface area contributed by atoms with Gasteiger partial charge in [-0.3, -0.25) is 4.79 Å². The summed E-state index contributed by atoms with van der Waals surface area (Å²) in [5.74, 6) is -1.66. The third-order valence-corrected chi connectivity index (χ3v) is 7.95. The normalized spacial score (nSPS) is 12.6. The van der Waals surface area contributed by atoms with E-state index in [0.29, 0.717) is 29.0 Å². The van der Waals surface area contributed by atoms with Crippen LogP contribution < -0.4 is 10.1 Å². The molecule has 0 fully saturated rings. The summed E-state index contributed by atoms with van der Waals surface area (Å²) in [5.41, 5.74) is 2.37. The van der Waals surface area contributed by atoms with Crippen molar-refractivity contribution in [2.45, 2.75) is 37.8 Å². The molecule has 4 rings (SSSR count). The van der Waals surface area contributed by atoms with Crippen molar-refractivity contribution in [2.24, 2.45) is 0 Å². The number of benzene rings is 2. The van der Waals surface area contributed by atoms with Crippen molar-refractivity contribution < 1.29 is 36.2 Å². The highest BCUT2D eigenvalue weighted by molar-refractivity contribution is 7.91. The molecule has 2 aromatic carbocycles. The highest BCUT2D eigenvalue weighted by atomic mass is 32.2. The molecule has 0 saturated heterocycles. The van der Waals surface area contributed by atoms with E-state index in [1.165, 1.54) is 36.4 Å². The molecule has 12 heteroatoms. The smallest absolute Gasteiger partial charge is 0.387 e. The molecule has 0 radical (unpaired) electrons. The standard InChI is InChI=1S/C27H26F3N3O5S/c1-3-23-25(18-11-19(28)14-20(12-18)38-27(29)30)32-24-13-17(9-10-33(23)24)26(35)31-22(15-34)16-5-7-21(8-6-16)39(36,37)4-2/h5-14,22,27,34H,3-4,15H2,1-2H3,(H,31,35)/t22-/m0/s1. The van der Waals surface area contributed by atoms with Crippen molar-refractivity contribution >= 4 is 21.4 Å². The third kappa shape index (κ3) is 6.07. The summed E-state index contributed by atoms with van der Waals surface area (Å²) in [6.07, 6.45) is 2.09. The zero-order valence-electron chi connectivity index (χ0n) is 21.1. The number of aromatic nitrogens is 2. The number of hydrogen-bond acceptors (Lipinski definition) is 6. The fraction of sp³-hybridized carbons (Fsp3) is 0.259. The lowest BCUT2D eigenvalue weighted by molar-refractivity contribution is -0.0499. The average Bonchev–Trinajstić information content (AvgIpc) is 3.29. The molecule has 0 spiro atoms. The first kappa shape index (κ1) is 28.1. The minimum Gasteiger partial charge on any atom is -0.435 e. The van der Waals surface area contributed by atoms with Crippen LogP contribution in [0.4, 0.5) is 13.2 Å². The number of pyridine rings is 1. The number of aliphatic hydroxyl groups excluding tert-OH is 1. The van der Waals surface area contributed by atoms with Crippen LogP contribution in [0, 0.1) is 5.82 Å². The van der Waals surface area contributed by atoms with Gasteiger partial charge >= 0.3 is 6.61 Å². The second kappa shape index (κ2) is 11.5. The second-order valence-corrected chi connectivity index (χ2v) is 10.9. The summed E-state index contributed by atoms with van der Waals surface area (Å²) in [6.45, 7) is -0.145. The van der Waals surface area contributed by atoms with Crippen molar-refractivity contribution in [2.75, 3.05) is 12.4 Å². The van der Waals surface area contributed by atoms with Crippen molar-refractivity contribution in [3.8, 4) is 17.0 Å². The Balaban J connectivity index is 1.62. The van der Waals surface area contributed by atoms with Crippen LogP contribution in [0.5, 0.6) is 5.75 Å². The van der Waals surface area contributed by atoms with E-state index < -0.39 is 40.8 Å². The van der Waals surface area contributed by atoms with Crippen molar-refractivity contribution in [3.63, 3.8) is 0 Å². The summed E-state index contributed by atoms with van der Waals surface area (Å²) >= 11 is 0. The molecular weight excluding hydrogens is 535 g/mol. The molecule has 2 aromatic heterocycles. The van der Waals surface area contributed by atoms with Crippen LogP contribution in [-0.2, 0) is 16.3 Å². The molecule has 0 bridgehead atoms. The van der Waals surface area contributed by atoms with Crippen molar-refractivity contribution in [1.82, 2.24) is 14.7 Å². The maximum Gasteiger partial charge on any atom is 0.387 e. The Hall–Kier alpha value is -3.90. The van der Waals surface area contributed by atoms with Crippen LogP contribution in [0.15, 0.2) is 65.7 Å². The van der Waals surface area contributed by atoms with E-state index in [-0.39, 0.29) is 27.5 Å². The van der Waals surface area contributed by atoms with Gasteiger partial charge < -0.3 is 19.6 Å². The van der Waals surface area contributed by atoms with Crippen molar-refractivity contribution in [3.05, 3.63) is 83.4 Å². The van der Waals surface area contributed by atoms with Gasteiger partial charge in [0, 0.05) is 23.4 Å². The monoisotopic (exact) mass is 561 g/mol. The SMILES string of the molecule is CCc1c(-c2cc(F)cc(OC(F)F)c2)nc2cc(C(=O)N[C@@H](CO)c3ccc(S(=O)(=O)CC)cc3)ccn12. The second-order valence-electron chi connectivity index (χ2n) is 8.64. The molecule has 0 aliphatic carbocycles. The summed E-state index contributed by atoms with van der Waals surface area (Å²) < 4.78 is 69.7. The molecule has 1 atom stereocenters. The predicted molar refractivity (Wildman–Crippen MR) is 138 cm³/mol. The van der Waals surface area contributed by atoms with Crippen LogP contribution >= 0.6 is 0 Å². The van der Waals surface area contributed by atoms with Gasteiger partial charge in [0.05, 0.1) is 34.7 Å². The number of alkyl halides is 2. The Morgan fingerprint density at radius 1 is 1.10 bits per heavy atom. The molecular formula is C27H26F3N3O5S. The molecule has 1 amide bonds. The fourth-order valence-electron chi connectivity index (χ4n) is 4.23. The summed E-state index contributed by atoms with van der Waals surface area (Å²) in [5, 5.41) is 12.6. The number of nitrogens with one attached hydrogen (secondary N) is 1. The van der Waals surface area contributed by atoms with Crippen molar-refractivity contribution in [1.29, 1.82) is 0 Å². The molecule has 2 heterocycles. The Bertz CT molecular complexity index is 1610. The number of amides is 1. The Labute approximate surface area is 223 Å². The number of imidazole rings is 1. The lowest BCUT2D eigenvalue weighted by atomic mass is 10.1. The summed E-state index contributed by atoms with van der Waals surface area (Å²) in [6, 6.07) is 11.5. The van der Waals surface area contributed by atoms with Gasteiger partial charge in [-0.15, -0.1) is 0 Å². The Kier molecular flexibility index (Phi) is 8.26. The highest BCUT2D eigenvalue weighted by Crippen LogP contribution is 2.30. The largest absolute Gasteiger partial charge is 0.435 e. The molecule has 8 nitrogen and oxygen atoms in total. The Morgan fingerprint density at radius 2 is 1.82 bits per heavy atom. The quantitative estimate of drug-likeness (QED) is 0.294. The molecule has 2 N–H and O–H groups in total. The zero-order chi connectivity index (χ0) is 28.3. The Morgan fingerprint density at radius 3 is 2.44 bits per heavy atom. The summed E-state index contributed by atoms with van der Waals surface area (Å²) in [7, 11) is -3.39. The van der Waals surface area contributed by atoms with E-state index in [9.17, 15) is 31.5 Å². The molecule has 4 aromatic rings. The van der Waals surface area contributed by atoms with Gasteiger partial charge in [-0.2, -0.15) is 8.78 Å². The molecule has 0 aliphatic rings. The van der Waals surface area contributed by atoms with Gasteiger partial charge in [-0.05, 0) is 48.4 Å². The van der Waals surface area contributed by atoms with Gasteiger partial charge in [0.25, 0.3) is 5.91 Å². The van der Waals surface area contributed by atoms with Crippen LogP contribution in [0.1, 0.15) is 41.5 Å². The van der Waals surface area contributed by atoms with Gasteiger partial charge in [0.1, 0.15) is 17.2 Å². The fourth-order valence-corrected chi connectivity index (χ4v) is 5.11. The number of halogens is 3. The van der Waals surface area contributed by atoms with Gasteiger partial charge in [-0.1, -0.05) is 26.0 Å². The molecule has 0 unspecified atom stereocenters. The number of carbonyl (C=O) groups is 1. The number of aryl methyl sites for hydroxylation is 1. The number of nitrogens with zero attached hydrogens (tertiary/aromatic N) is 2. The summed E-state index contributed by atoms with van der Waals surface area (Å²) in [4.78, 5) is 17.7. The number of fused-ring (bicyclic) bond motifs is 1. The minimum atomic E-state index is -3.39. The lowest BCUT2D eigenvalue weighted by Gasteiger charge is -2.17. The highest BCUT2D eigenvalue weighted by Gasteiger charge is 2.20. The number of sulfone groups is 1. The maximum atomic E-state index is 14.2. The molecule has 206 valence electrons. The van der Waals surface area contributed by atoms with Crippen LogP contribution in [0.3, 0.4) is 0 Å². The van der Waals surface area contributed by atoms with Crippen LogP contribution in [0.25, 0.3) is 16.9 Å². The number of carbonyl (C=O) groups excluding carboxylic acids is 1. The number of hydrogen-bond donors (Lipinski definition) is 2. The number of rotatable bonds is 10. The first-order chi connectivity index (χ1) is 18.6. The topological polar surface area (TPSA) is 110 Å². The van der Waals surface area contributed by atoms with E-state index in [0.717, 1.165) is 12.1 Å². The molecule has 39 heavy (non-hydrogen) atoms. The molecule has 0 saturated carbocycles. The number of aliphatic hydroxyl groups is 1. The van der Waals surface area contributed by atoms with E-state index >= 15 is 0 Å². The lowest BCUT2D eigenvalue weighted by Crippen LogP contribution is -2.30. The van der Waals surface area contributed by atoms with E-state index in [1.54, 1.807) is 23.6 Å². The van der Waals surface area contributed by atoms with E-state index in [1.807, 2.05) is 6.92 Å². The maximum absolute atomic E-state index is 14.2. The average molecular weight is 562 g/mol. The van der Waals surface area contributed by atoms with Gasteiger partial charge in [0.2, 0.25) is 0 Å². The first-order valence-corrected chi connectivity index (χ1v) is 13.7. The minimum absolute atomic E-state index is 0.0475. The van der Waals surface area contributed by atoms with E-state index in [4.69, 9.17) is 0 Å². The number of ether oxygens (including phenoxy) is 1. The third-order valence-electron chi connectivity index (χ3n) is 6.20. The first-order valence-electron chi connectivity index (χ1n) is 12.1. The van der Waals surface area contributed by atoms with Gasteiger partial charge in [0.15, 0.2) is 9.84 Å². The van der Waals surface area contributed by atoms with Crippen LogP contribution in [0.2, 0.25) is 0 Å².